The molecule has 0 saturated carbocycles. The van der Waals surface area contributed by atoms with Crippen molar-refractivity contribution in [1.82, 2.24) is 9.80 Å². The molecule has 1 heterocycles. The van der Waals surface area contributed by atoms with Gasteiger partial charge in [0.15, 0.2) is 0 Å². The van der Waals surface area contributed by atoms with E-state index in [-0.39, 0.29) is 5.69 Å². The number of piperazine rings is 1. The van der Waals surface area contributed by atoms with E-state index >= 15 is 0 Å². The zero-order chi connectivity index (χ0) is 14.5. The highest BCUT2D eigenvalue weighted by Crippen LogP contribution is 2.27. The molecular weight excluding hydrogens is 280 g/mol. The smallest absolute Gasteiger partial charge is 0.275 e. The molecule has 1 aromatic carbocycles. The zero-order valence-electron chi connectivity index (χ0n) is 11.0. The van der Waals surface area contributed by atoms with Gasteiger partial charge in [-0.3, -0.25) is 19.9 Å². The van der Waals surface area contributed by atoms with Crippen molar-refractivity contribution in [3.63, 3.8) is 0 Å². The summed E-state index contributed by atoms with van der Waals surface area (Å²) in [5.74, 6) is 0. The molecule has 0 radical (unpaired) electrons. The number of nitro benzene ring substituents is 1. The molecule has 2 rings (SSSR count). The van der Waals surface area contributed by atoms with Crippen molar-refractivity contribution in [3.8, 4) is 6.07 Å². The molecule has 0 unspecified atom stereocenters. The number of hydrogen-bond donors (Lipinski definition) is 0. The maximum absolute atomic E-state index is 11.0. The molecule has 0 bridgehead atoms. The Morgan fingerprint density at radius 1 is 1.30 bits per heavy atom. The second kappa shape index (κ2) is 6.66. The molecule has 1 aromatic rings. The topological polar surface area (TPSA) is 73.4 Å². The van der Waals surface area contributed by atoms with Crippen LogP contribution >= 0.6 is 11.6 Å². The van der Waals surface area contributed by atoms with E-state index in [9.17, 15) is 10.1 Å². The molecule has 0 N–H and O–H groups in total. The predicted molar refractivity (Wildman–Crippen MR) is 75.4 cm³/mol. The average Bonchev–Trinajstić information content (AvgIpc) is 2.43. The first-order chi connectivity index (χ1) is 9.61. The van der Waals surface area contributed by atoms with Gasteiger partial charge in [0.2, 0.25) is 0 Å². The maximum Gasteiger partial charge on any atom is 0.275 e. The standard InChI is InChI=1S/C13H15ClN4O2/c14-12-2-1-3-13(18(19)20)11(12)10-17-8-6-16(5-4-15)7-9-17/h1-3H,5-10H2. The van der Waals surface area contributed by atoms with Crippen molar-refractivity contribution < 1.29 is 4.92 Å². The van der Waals surface area contributed by atoms with E-state index in [2.05, 4.69) is 15.9 Å². The Balaban J connectivity index is 2.05. The van der Waals surface area contributed by atoms with Crippen molar-refractivity contribution in [3.05, 3.63) is 38.9 Å². The summed E-state index contributed by atoms with van der Waals surface area (Å²) in [7, 11) is 0. The van der Waals surface area contributed by atoms with Crippen LogP contribution in [0.15, 0.2) is 18.2 Å². The number of benzene rings is 1. The van der Waals surface area contributed by atoms with Crippen LogP contribution in [-0.4, -0.2) is 47.4 Å². The van der Waals surface area contributed by atoms with Crippen LogP contribution in [0.5, 0.6) is 0 Å². The quantitative estimate of drug-likeness (QED) is 0.482. The molecular formula is C13H15ClN4O2. The Morgan fingerprint density at radius 2 is 1.95 bits per heavy atom. The highest BCUT2D eigenvalue weighted by Gasteiger charge is 2.22. The molecule has 1 saturated heterocycles. The van der Waals surface area contributed by atoms with Crippen LogP contribution < -0.4 is 0 Å². The molecule has 106 valence electrons. The van der Waals surface area contributed by atoms with Gasteiger partial charge in [-0.05, 0) is 6.07 Å². The number of nitriles is 1. The van der Waals surface area contributed by atoms with Crippen LogP contribution in [0.4, 0.5) is 5.69 Å². The van der Waals surface area contributed by atoms with Gasteiger partial charge in [0, 0.05) is 38.8 Å². The Bertz CT molecular complexity index is 536. The number of nitrogens with zero attached hydrogens (tertiary/aromatic N) is 4. The normalized spacial score (nSPS) is 16.8. The van der Waals surface area contributed by atoms with Gasteiger partial charge in [0.05, 0.1) is 28.1 Å². The molecule has 1 aliphatic heterocycles. The van der Waals surface area contributed by atoms with E-state index in [0.717, 1.165) is 26.2 Å². The van der Waals surface area contributed by atoms with Crippen LogP contribution in [-0.2, 0) is 6.54 Å². The van der Waals surface area contributed by atoms with Crippen LogP contribution in [0, 0.1) is 21.4 Å². The fraction of sp³-hybridized carbons (Fsp3) is 0.462. The summed E-state index contributed by atoms with van der Waals surface area (Å²) >= 11 is 6.09. The Labute approximate surface area is 122 Å². The summed E-state index contributed by atoms with van der Waals surface area (Å²) < 4.78 is 0. The van der Waals surface area contributed by atoms with E-state index < -0.39 is 4.92 Å². The van der Waals surface area contributed by atoms with Gasteiger partial charge in [-0.1, -0.05) is 17.7 Å². The van der Waals surface area contributed by atoms with Crippen LogP contribution in [0.2, 0.25) is 5.02 Å². The molecule has 0 spiro atoms. The SMILES string of the molecule is N#CCN1CCN(Cc2c(Cl)cccc2[N+](=O)[O-])CC1. The monoisotopic (exact) mass is 294 g/mol. The highest BCUT2D eigenvalue weighted by atomic mass is 35.5. The first kappa shape index (κ1) is 14.7. The Morgan fingerprint density at radius 3 is 2.55 bits per heavy atom. The van der Waals surface area contributed by atoms with Crippen molar-refractivity contribution >= 4 is 17.3 Å². The summed E-state index contributed by atoms with van der Waals surface area (Å²) in [6.07, 6.45) is 0. The first-order valence-electron chi connectivity index (χ1n) is 6.35. The lowest BCUT2D eigenvalue weighted by Crippen LogP contribution is -2.45. The number of hydrogen-bond acceptors (Lipinski definition) is 5. The number of nitro groups is 1. The summed E-state index contributed by atoms with van der Waals surface area (Å²) in [5.41, 5.74) is 0.629. The highest BCUT2D eigenvalue weighted by molar-refractivity contribution is 6.31. The van der Waals surface area contributed by atoms with Crippen LogP contribution in [0.25, 0.3) is 0 Å². The minimum absolute atomic E-state index is 0.0666. The third kappa shape index (κ3) is 3.45. The fourth-order valence-corrected chi connectivity index (χ4v) is 2.53. The molecule has 1 fully saturated rings. The van der Waals surface area contributed by atoms with Gasteiger partial charge in [0.25, 0.3) is 5.69 Å². The Kier molecular flexibility index (Phi) is 4.90. The van der Waals surface area contributed by atoms with Gasteiger partial charge in [-0.15, -0.1) is 0 Å². The molecule has 6 nitrogen and oxygen atoms in total. The van der Waals surface area contributed by atoms with E-state index in [1.165, 1.54) is 6.07 Å². The molecule has 7 heteroatoms. The summed E-state index contributed by atoms with van der Waals surface area (Å²) in [6, 6.07) is 6.88. The van der Waals surface area contributed by atoms with Crippen molar-refractivity contribution in [2.24, 2.45) is 0 Å². The molecule has 0 aliphatic carbocycles. The zero-order valence-corrected chi connectivity index (χ0v) is 11.7. The lowest BCUT2D eigenvalue weighted by Gasteiger charge is -2.33. The average molecular weight is 295 g/mol. The van der Waals surface area contributed by atoms with Gasteiger partial charge in [-0.2, -0.15) is 5.26 Å². The summed E-state index contributed by atoms with van der Waals surface area (Å²) in [5, 5.41) is 20.1. The molecule has 20 heavy (non-hydrogen) atoms. The van der Waals surface area contributed by atoms with Gasteiger partial charge in [0.1, 0.15) is 0 Å². The first-order valence-corrected chi connectivity index (χ1v) is 6.73. The van der Waals surface area contributed by atoms with E-state index in [4.69, 9.17) is 16.9 Å². The van der Waals surface area contributed by atoms with Gasteiger partial charge < -0.3 is 0 Å². The van der Waals surface area contributed by atoms with E-state index in [0.29, 0.717) is 23.7 Å². The van der Waals surface area contributed by atoms with Crippen molar-refractivity contribution in [2.45, 2.75) is 6.54 Å². The molecule has 0 amide bonds. The Hall–Kier alpha value is -1.68. The van der Waals surface area contributed by atoms with Gasteiger partial charge in [-0.25, -0.2) is 0 Å². The minimum Gasteiger partial charge on any atom is -0.296 e. The second-order valence-electron chi connectivity index (χ2n) is 4.71. The second-order valence-corrected chi connectivity index (χ2v) is 5.11. The van der Waals surface area contributed by atoms with Gasteiger partial charge >= 0.3 is 0 Å². The van der Waals surface area contributed by atoms with E-state index in [1.807, 2.05) is 0 Å². The lowest BCUT2D eigenvalue weighted by molar-refractivity contribution is -0.385. The maximum atomic E-state index is 11.0. The predicted octanol–water partition coefficient (Wildman–Crippen LogP) is 1.89. The molecule has 0 aromatic heterocycles. The fourth-order valence-electron chi connectivity index (χ4n) is 2.30. The van der Waals surface area contributed by atoms with Crippen LogP contribution in [0.1, 0.15) is 5.56 Å². The molecule has 1 aliphatic rings. The molecule has 0 atom stereocenters. The lowest BCUT2D eigenvalue weighted by atomic mass is 10.1. The number of halogens is 1. The minimum atomic E-state index is -0.396. The number of rotatable bonds is 4. The largest absolute Gasteiger partial charge is 0.296 e. The van der Waals surface area contributed by atoms with Crippen molar-refractivity contribution in [2.75, 3.05) is 32.7 Å². The van der Waals surface area contributed by atoms with E-state index in [1.54, 1.807) is 12.1 Å². The van der Waals surface area contributed by atoms with Crippen LogP contribution in [0.3, 0.4) is 0 Å². The third-order valence-electron chi connectivity index (χ3n) is 3.43. The summed E-state index contributed by atoms with van der Waals surface area (Å²) in [6.45, 7) is 4.06. The summed E-state index contributed by atoms with van der Waals surface area (Å²) in [4.78, 5) is 14.8. The third-order valence-corrected chi connectivity index (χ3v) is 3.79. The van der Waals surface area contributed by atoms with Crippen molar-refractivity contribution in [1.29, 1.82) is 5.26 Å².